The first-order valence-electron chi connectivity index (χ1n) is 9.56. The van der Waals surface area contributed by atoms with Crippen molar-refractivity contribution in [3.05, 3.63) is 27.8 Å². The summed E-state index contributed by atoms with van der Waals surface area (Å²) in [5.74, 6) is 0.0838. The van der Waals surface area contributed by atoms with E-state index in [-0.39, 0.29) is 17.0 Å². The lowest BCUT2D eigenvalue weighted by Crippen LogP contribution is -2.31. The van der Waals surface area contributed by atoms with Crippen LogP contribution in [0.2, 0.25) is 0 Å². The fourth-order valence-corrected chi connectivity index (χ4v) is 3.27. The van der Waals surface area contributed by atoms with Crippen molar-refractivity contribution < 1.29 is 19.2 Å². The van der Waals surface area contributed by atoms with Gasteiger partial charge in [-0.05, 0) is 45.8 Å². The van der Waals surface area contributed by atoms with Crippen molar-refractivity contribution in [2.45, 2.75) is 39.0 Å². The zero-order valence-corrected chi connectivity index (χ0v) is 16.2. The van der Waals surface area contributed by atoms with Crippen molar-refractivity contribution >= 4 is 11.6 Å². The zero-order chi connectivity index (χ0) is 19.6. The van der Waals surface area contributed by atoms with Crippen LogP contribution in [-0.2, 0) is 0 Å². The van der Waals surface area contributed by atoms with Gasteiger partial charge in [0, 0.05) is 12.6 Å². The second-order valence-corrected chi connectivity index (χ2v) is 6.58. The Morgan fingerprint density at radius 2 is 1.93 bits per heavy atom. The first-order chi connectivity index (χ1) is 13.1. The molecule has 8 heteroatoms. The summed E-state index contributed by atoms with van der Waals surface area (Å²) >= 11 is 0. The van der Waals surface area contributed by atoms with Crippen LogP contribution in [0.3, 0.4) is 0 Å². The standard InChI is InChI=1S/C19H29N3O5/c1-3-27-18-14-16(22(24)25)15(13-17(18)26-2)19(23)20-9-8-12-21-10-6-4-5-7-11-21/h13-14H,3-12H2,1-2H3,(H,20,23). The van der Waals surface area contributed by atoms with Crippen molar-refractivity contribution in [1.82, 2.24) is 10.2 Å². The Bertz CT molecular complexity index is 642. The molecule has 0 unspecified atom stereocenters. The van der Waals surface area contributed by atoms with Crippen molar-refractivity contribution in [3.8, 4) is 11.5 Å². The monoisotopic (exact) mass is 379 g/mol. The van der Waals surface area contributed by atoms with Crippen LogP contribution in [0.25, 0.3) is 0 Å². The maximum absolute atomic E-state index is 12.5. The highest BCUT2D eigenvalue weighted by molar-refractivity contribution is 5.99. The summed E-state index contributed by atoms with van der Waals surface area (Å²) in [7, 11) is 1.44. The minimum Gasteiger partial charge on any atom is -0.493 e. The summed E-state index contributed by atoms with van der Waals surface area (Å²) in [5.41, 5.74) is -0.306. The first kappa shape index (κ1) is 21.0. The van der Waals surface area contributed by atoms with E-state index < -0.39 is 10.8 Å². The molecule has 0 bridgehead atoms. The molecule has 27 heavy (non-hydrogen) atoms. The lowest BCUT2D eigenvalue weighted by atomic mass is 10.1. The molecule has 0 atom stereocenters. The van der Waals surface area contributed by atoms with E-state index in [1.807, 2.05) is 0 Å². The van der Waals surface area contributed by atoms with Gasteiger partial charge in [0.2, 0.25) is 0 Å². The quantitative estimate of drug-likeness (QED) is 0.403. The fraction of sp³-hybridized carbons (Fsp3) is 0.632. The van der Waals surface area contributed by atoms with E-state index in [1.165, 1.54) is 44.9 Å². The number of likely N-dealkylation sites (tertiary alicyclic amines) is 1. The fourth-order valence-electron chi connectivity index (χ4n) is 3.27. The molecule has 1 N–H and O–H groups in total. The number of carbonyl (C=O) groups is 1. The number of amides is 1. The lowest BCUT2D eigenvalue weighted by molar-refractivity contribution is -0.385. The predicted octanol–water partition coefficient (Wildman–Crippen LogP) is 3.00. The minimum atomic E-state index is -0.575. The van der Waals surface area contributed by atoms with Gasteiger partial charge in [0.15, 0.2) is 11.5 Å². The van der Waals surface area contributed by atoms with Crippen LogP contribution in [0.4, 0.5) is 5.69 Å². The molecule has 1 aromatic rings. The molecule has 0 aliphatic carbocycles. The van der Waals surface area contributed by atoms with Crippen molar-refractivity contribution in [2.75, 3.05) is 39.9 Å². The van der Waals surface area contributed by atoms with Crippen molar-refractivity contribution in [3.63, 3.8) is 0 Å². The molecule has 0 spiro atoms. The van der Waals surface area contributed by atoms with E-state index in [0.29, 0.717) is 18.9 Å². The van der Waals surface area contributed by atoms with E-state index in [9.17, 15) is 14.9 Å². The number of nitrogens with zero attached hydrogens (tertiary/aromatic N) is 2. The Labute approximate surface area is 160 Å². The average Bonchev–Trinajstić information content (AvgIpc) is 2.93. The number of carbonyl (C=O) groups excluding carboxylic acids is 1. The highest BCUT2D eigenvalue weighted by Gasteiger charge is 2.24. The van der Waals surface area contributed by atoms with Crippen LogP contribution in [0.1, 0.15) is 49.4 Å². The van der Waals surface area contributed by atoms with Gasteiger partial charge in [0.05, 0.1) is 24.7 Å². The highest BCUT2D eigenvalue weighted by atomic mass is 16.6. The SMILES string of the molecule is CCOc1cc([N+](=O)[O-])c(C(=O)NCCCN2CCCCCC2)cc1OC. The summed E-state index contributed by atoms with van der Waals surface area (Å²) in [4.78, 5) is 25.7. The highest BCUT2D eigenvalue weighted by Crippen LogP contribution is 2.34. The van der Waals surface area contributed by atoms with E-state index >= 15 is 0 Å². The van der Waals surface area contributed by atoms with Crippen LogP contribution in [0, 0.1) is 10.1 Å². The Hall–Kier alpha value is -2.35. The maximum atomic E-state index is 12.5. The molecule has 0 aromatic heterocycles. The average molecular weight is 379 g/mol. The second kappa shape index (κ2) is 10.7. The number of benzene rings is 1. The molecule has 1 aromatic carbocycles. The third-order valence-electron chi connectivity index (χ3n) is 4.66. The Morgan fingerprint density at radius 1 is 1.22 bits per heavy atom. The molecule has 150 valence electrons. The Balaban J connectivity index is 1.98. The van der Waals surface area contributed by atoms with E-state index in [2.05, 4.69) is 10.2 Å². The molecule has 1 aliphatic rings. The molecule has 1 amide bonds. The Kier molecular flexibility index (Phi) is 8.32. The Morgan fingerprint density at radius 3 is 2.52 bits per heavy atom. The molecule has 1 saturated heterocycles. The van der Waals surface area contributed by atoms with Crippen molar-refractivity contribution in [1.29, 1.82) is 0 Å². The number of hydrogen-bond acceptors (Lipinski definition) is 6. The molecule has 1 aliphatic heterocycles. The number of methoxy groups -OCH3 is 1. The maximum Gasteiger partial charge on any atom is 0.286 e. The van der Waals surface area contributed by atoms with E-state index in [1.54, 1.807) is 6.92 Å². The van der Waals surface area contributed by atoms with Crippen LogP contribution in [0.5, 0.6) is 11.5 Å². The number of nitro benzene ring substituents is 1. The number of nitrogens with one attached hydrogen (secondary N) is 1. The van der Waals surface area contributed by atoms with Crippen LogP contribution in [0.15, 0.2) is 12.1 Å². The summed E-state index contributed by atoms with van der Waals surface area (Å²) in [5, 5.41) is 14.2. The number of rotatable bonds is 9. The van der Waals surface area contributed by atoms with Gasteiger partial charge in [-0.3, -0.25) is 14.9 Å². The number of nitro groups is 1. The molecule has 8 nitrogen and oxygen atoms in total. The molecule has 0 saturated carbocycles. The zero-order valence-electron chi connectivity index (χ0n) is 16.2. The topological polar surface area (TPSA) is 93.9 Å². The second-order valence-electron chi connectivity index (χ2n) is 6.58. The third-order valence-corrected chi connectivity index (χ3v) is 4.66. The van der Waals surface area contributed by atoms with Crippen molar-refractivity contribution in [2.24, 2.45) is 0 Å². The molecule has 1 heterocycles. The molecule has 1 fully saturated rings. The van der Waals surface area contributed by atoms with Gasteiger partial charge in [-0.1, -0.05) is 12.8 Å². The van der Waals surface area contributed by atoms with E-state index in [0.717, 1.165) is 26.1 Å². The third kappa shape index (κ3) is 6.09. The summed E-state index contributed by atoms with van der Waals surface area (Å²) in [6.45, 7) is 5.73. The van der Waals surface area contributed by atoms with Gasteiger partial charge < -0.3 is 19.7 Å². The van der Waals surface area contributed by atoms with Crippen LogP contribution in [-0.4, -0.2) is 55.6 Å². The van der Waals surface area contributed by atoms with Gasteiger partial charge >= 0.3 is 0 Å². The lowest BCUT2D eigenvalue weighted by Gasteiger charge is -2.19. The first-order valence-corrected chi connectivity index (χ1v) is 9.56. The molecular formula is C19H29N3O5. The summed E-state index contributed by atoms with van der Waals surface area (Å²) < 4.78 is 10.6. The predicted molar refractivity (Wildman–Crippen MR) is 103 cm³/mol. The van der Waals surface area contributed by atoms with Crippen LogP contribution >= 0.6 is 0 Å². The summed E-state index contributed by atoms with van der Waals surface area (Å²) in [6.07, 6.45) is 5.84. The van der Waals surface area contributed by atoms with E-state index in [4.69, 9.17) is 9.47 Å². The normalized spacial score (nSPS) is 15.0. The molecule has 0 radical (unpaired) electrons. The summed E-state index contributed by atoms with van der Waals surface area (Å²) in [6, 6.07) is 2.61. The minimum absolute atomic E-state index is 0.0184. The molecular weight excluding hydrogens is 350 g/mol. The molecule has 2 rings (SSSR count). The van der Waals surface area contributed by atoms with Gasteiger partial charge in [-0.2, -0.15) is 0 Å². The number of ether oxygens (including phenoxy) is 2. The van der Waals surface area contributed by atoms with Gasteiger partial charge in [-0.25, -0.2) is 0 Å². The van der Waals surface area contributed by atoms with Gasteiger partial charge in [0.1, 0.15) is 5.56 Å². The number of hydrogen-bond donors (Lipinski definition) is 1. The largest absolute Gasteiger partial charge is 0.493 e. The van der Waals surface area contributed by atoms with Gasteiger partial charge in [0.25, 0.3) is 11.6 Å². The van der Waals surface area contributed by atoms with Gasteiger partial charge in [-0.15, -0.1) is 0 Å². The van der Waals surface area contributed by atoms with Crippen LogP contribution < -0.4 is 14.8 Å². The smallest absolute Gasteiger partial charge is 0.286 e.